The van der Waals surface area contributed by atoms with Gasteiger partial charge in [0.2, 0.25) is 0 Å². The van der Waals surface area contributed by atoms with Crippen LogP contribution in [-0.2, 0) is 50.2 Å². The van der Waals surface area contributed by atoms with E-state index >= 15 is 0 Å². The molecule has 1 unspecified atom stereocenters. The molecule has 0 amide bonds. The number of esters is 1. The number of carbonyl (C=O) groups excluding carboxylic acids is 1. The number of hydrogen-bond donors (Lipinski definition) is 5. The number of allylic oxidation sites excluding steroid dienone is 6. The zero-order chi connectivity index (χ0) is 44.6. The SMILES string of the molecule is CCOC(=O)CCCCCN1\C(=C/C=C/C=C/CC(C)(C)c2cc(S(=O)(=O)O)ccc2NCCCCCC(=O)O)C(C)(CCCCCC(=O)O)c2cc(S(=O)(=O)O)ccc21. The van der Waals surface area contributed by atoms with Crippen LogP contribution in [0.5, 0.6) is 0 Å². The summed E-state index contributed by atoms with van der Waals surface area (Å²) in [7, 11) is -8.96. The van der Waals surface area contributed by atoms with Gasteiger partial charge in [-0.1, -0.05) is 63.8 Å². The van der Waals surface area contributed by atoms with Crippen LogP contribution >= 0.6 is 0 Å². The Labute approximate surface area is 355 Å². The van der Waals surface area contributed by atoms with E-state index in [1.165, 1.54) is 24.3 Å². The van der Waals surface area contributed by atoms with Crippen molar-refractivity contribution in [3.05, 3.63) is 83.6 Å². The number of hydrogen-bond acceptors (Lipinski definition) is 10. The zero-order valence-electron chi connectivity index (χ0n) is 35.2. The Morgan fingerprint density at radius 3 is 2.02 bits per heavy atom. The van der Waals surface area contributed by atoms with Crippen molar-refractivity contribution in [3.8, 4) is 0 Å². The first kappa shape index (κ1) is 49.8. The molecular weight excluding hydrogens is 813 g/mol. The molecule has 0 bridgehead atoms. The van der Waals surface area contributed by atoms with Gasteiger partial charge in [-0.2, -0.15) is 16.8 Å². The van der Waals surface area contributed by atoms with E-state index in [1.54, 1.807) is 19.1 Å². The number of carboxylic acid groups (broad SMARTS) is 2. The topological polar surface area (TPSA) is 225 Å². The van der Waals surface area contributed by atoms with Crippen LogP contribution in [0, 0.1) is 0 Å². The molecule has 2 aromatic carbocycles. The Kier molecular flexibility index (Phi) is 19.0. The summed E-state index contributed by atoms with van der Waals surface area (Å²) >= 11 is 0. The smallest absolute Gasteiger partial charge is 0.305 e. The summed E-state index contributed by atoms with van der Waals surface area (Å²) in [6, 6.07) is 9.03. The number of unbranched alkanes of at least 4 members (excludes halogenated alkanes) is 6. The lowest BCUT2D eigenvalue weighted by atomic mass is 9.77. The van der Waals surface area contributed by atoms with Crippen LogP contribution in [0.15, 0.2) is 82.3 Å². The van der Waals surface area contributed by atoms with Gasteiger partial charge in [-0.05, 0) is 118 Å². The number of ether oxygens (including phenoxy) is 1. The molecule has 0 aromatic heterocycles. The molecule has 1 aliphatic heterocycles. The highest BCUT2D eigenvalue weighted by Crippen LogP contribution is 2.51. The second-order valence-corrected chi connectivity index (χ2v) is 18.8. The lowest BCUT2D eigenvalue weighted by molar-refractivity contribution is -0.143. The molecule has 0 aliphatic carbocycles. The molecule has 1 aliphatic rings. The highest BCUT2D eigenvalue weighted by Gasteiger charge is 2.43. The monoisotopic (exact) mass is 874 g/mol. The first-order valence-corrected chi connectivity index (χ1v) is 23.5. The molecule has 2 aromatic rings. The van der Waals surface area contributed by atoms with Crippen LogP contribution in [0.4, 0.5) is 11.4 Å². The molecule has 1 atom stereocenters. The van der Waals surface area contributed by atoms with Crippen LogP contribution < -0.4 is 10.2 Å². The van der Waals surface area contributed by atoms with Crippen molar-refractivity contribution in [2.45, 2.75) is 138 Å². The van der Waals surface area contributed by atoms with Gasteiger partial charge in [-0.25, -0.2) is 0 Å². The third kappa shape index (κ3) is 15.2. The van der Waals surface area contributed by atoms with E-state index < -0.39 is 43.0 Å². The van der Waals surface area contributed by atoms with Crippen LogP contribution in [0.3, 0.4) is 0 Å². The van der Waals surface area contributed by atoms with Gasteiger partial charge in [0, 0.05) is 54.8 Å². The van der Waals surface area contributed by atoms with Gasteiger partial charge >= 0.3 is 17.9 Å². The Balaban J connectivity index is 1.91. The highest BCUT2D eigenvalue weighted by molar-refractivity contribution is 7.86. The maximum atomic E-state index is 12.3. The first-order valence-electron chi connectivity index (χ1n) is 20.6. The summed E-state index contributed by atoms with van der Waals surface area (Å²) < 4.78 is 73.6. The number of aliphatic carboxylic acids is 2. The van der Waals surface area contributed by atoms with Crippen LogP contribution in [0.25, 0.3) is 0 Å². The summed E-state index contributed by atoms with van der Waals surface area (Å²) in [5, 5.41) is 21.4. The molecular formula is C44H62N2O12S2. The van der Waals surface area contributed by atoms with E-state index in [9.17, 15) is 40.3 Å². The molecule has 332 valence electrons. The van der Waals surface area contributed by atoms with Gasteiger partial charge in [0.05, 0.1) is 16.4 Å². The van der Waals surface area contributed by atoms with Crippen molar-refractivity contribution >= 4 is 49.5 Å². The number of rotatable bonds is 27. The van der Waals surface area contributed by atoms with E-state index in [1.807, 2.05) is 51.2 Å². The van der Waals surface area contributed by atoms with E-state index in [0.717, 1.165) is 36.2 Å². The normalized spacial score (nSPS) is 16.5. The van der Waals surface area contributed by atoms with Gasteiger partial charge in [0.25, 0.3) is 20.2 Å². The van der Waals surface area contributed by atoms with Gasteiger partial charge in [0.1, 0.15) is 0 Å². The molecule has 0 radical (unpaired) electrons. The Hall–Kier alpha value is -4.51. The number of fused-ring (bicyclic) bond motifs is 1. The maximum Gasteiger partial charge on any atom is 0.305 e. The number of nitrogens with one attached hydrogen (secondary N) is 1. The quantitative estimate of drug-likeness (QED) is 0.0245. The van der Waals surface area contributed by atoms with E-state index in [4.69, 9.17) is 14.9 Å². The Morgan fingerprint density at radius 1 is 0.783 bits per heavy atom. The van der Waals surface area contributed by atoms with E-state index in [0.29, 0.717) is 88.7 Å². The van der Waals surface area contributed by atoms with E-state index in [2.05, 4.69) is 10.2 Å². The molecule has 3 rings (SSSR count). The standard InChI is InChI=1S/C44H62N2O12S2/c1-5-58-42(51)22-14-10-18-30-46-38-26-24-34(60(55,56)57)32-36(38)44(4,28-16-8-12-20-40(47)48)39(46)19-11-6-7-15-27-43(2,3)35-31-33(59(52,53)54)23-25-37(35)45-29-17-9-13-21-41(49)50/h6-7,11,15,19,23-26,31-32,45H,5,8-10,12-14,16-18,20-22,27-30H2,1-4H3,(H,47,48)(H,49,50)(H,52,53,54)(H,55,56,57)/b11-6+,15-7+,39-19-. The second kappa shape index (κ2) is 22.9. The van der Waals surface area contributed by atoms with Gasteiger partial charge < -0.3 is 25.2 Å². The minimum atomic E-state index is -4.50. The van der Waals surface area contributed by atoms with Crippen molar-refractivity contribution in [1.29, 1.82) is 0 Å². The average molecular weight is 875 g/mol. The second-order valence-electron chi connectivity index (χ2n) is 16.0. The molecule has 1 heterocycles. The zero-order valence-corrected chi connectivity index (χ0v) is 36.8. The summed E-state index contributed by atoms with van der Waals surface area (Å²) in [5.74, 6) is -1.96. The van der Waals surface area contributed by atoms with Crippen LogP contribution in [0.1, 0.15) is 129 Å². The minimum Gasteiger partial charge on any atom is -0.481 e. The largest absolute Gasteiger partial charge is 0.481 e. The van der Waals surface area contributed by atoms with Crippen LogP contribution in [-0.4, -0.2) is 73.8 Å². The Bertz CT molecular complexity index is 2110. The fraction of sp³-hybridized carbons (Fsp3) is 0.523. The maximum absolute atomic E-state index is 12.3. The third-order valence-electron chi connectivity index (χ3n) is 10.8. The van der Waals surface area contributed by atoms with Crippen molar-refractivity contribution in [3.63, 3.8) is 0 Å². The predicted octanol–water partition coefficient (Wildman–Crippen LogP) is 8.84. The molecule has 0 saturated heterocycles. The molecule has 0 saturated carbocycles. The molecule has 5 N–H and O–H groups in total. The number of anilines is 2. The summed E-state index contributed by atoms with van der Waals surface area (Å²) in [5.41, 5.74) is 2.54. The highest BCUT2D eigenvalue weighted by atomic mass is 32.2. The van der Waals surface area contributed by atoms with Crippen molar-refractivity contribution in [1.82, 2.24) is 0 Å². The lowest BCUT2D eigenvalue weighted by Crippen LogP contribution is -2.29. The number of benzene rings is 2. The number of nitrogens with zero attached hydrogens (tertiary/aromatic N) is 1. The number of carboxylic acids is 2. The van der Waals surface area contributed by atoms with Gasteiger partial charge in [0.15, 0.2) is 0 Å². The summed E-state index contributed by atoms with van der Waals surface area (Å²) in [6.45, 7) is 9.16. The fourth-order valence-electron chi connectivity index (χ4n) is 7.54. The van der Waals surface area contributed by atoms with Crippen molar-refractivity contribution in [2.75, 3.05) is 29.9 Å². The Morgan fingerprint density at radius 2 is 1.38 bits per heavy atom. The van der Waals surface area contributed by atoms with Crippen molar-refractivity contribution < 1.29 is 55.3 Å². The molecule has 60 heavy (non-hydrogen) atoms. The fourth-order valence-corrected chi connectivity index (χ4v) is 8.55. The number of carbonyl (C=O) groups is 3. The molecule has 0 fully saturated rings. The van der Waals surface area contributed by atoms with Crippen molar-refractivity contribution in [2.24, 2.45) is 0 Å². The minimum absolute atomic E-state index is 0.0483. The molecule has 14 nitrogen and oxygen atoms in total. The molecule has 16 heteroatoms. The first-order chi connectivity index (χ1) is 28.2. The third-order valence-corrected chi connectivity index (χ3v) is 12.5. The average Bonchev–Trinajstić information content (AvgIpc) is 3.39. The lowest BCUT2D eigenvalue weighted by Gasteiger charge is -2.30. The summed E-state index contributed by atoms with van der Waals surface area (Å²) in [4.78, 5) is 35.7. The predicted molar refractivity (Wildman–Crippen MR) is 232 cm³/mol. The van der Waals surface area contributed by atoms with Gasteiger partial charge in [-0.15, -0.1) is 0 Å². The summed E-state index contributed by atoms with van der Waals surface area (Å²) in [6.07, 6.45) is 17.0. The van der Waals surface area contributed by atoms with Crippen LogP contribution in [0.2, 0.25) is 0 Å². The van der Waals surface area contributed by atoms with Gasteiger partial charge in [-0.3, -0.25) is 23.5 Å². The molecule has 0 spiro atoms. The van der Waals surface area contributed by atoms with E-state index in [-0.39, 0.29) is 28.6 Å².